The predicted molar refractivity (Wildman–Crippen MR) is 139 cm³/mol. The first-order valence-electron chi connectivity index (χ1n) is 13.2. The Balaban J connectivity index is 1.37. The van der Waals surface area contributed by atoms with Crippen LogP contribution in [-0.4, -0.2) is 32.9 Å². The molecule has 0 heterocycles. The largest absolute Gasteiger partial charge is 0.489 e. The summed E-state index contributed by atoms with van der Waals surface area (Å²) < 4.78 is 38.2. The highest BCUT2D eigenvalue weighted by molar-refractivity contribution is 7.84. The Morgan fingerprint density at radius 1 is 1.06 bits per heavy atom. The molecular weight excluding hydrogens is 458 g/mol. The van der Waals surface area contributed by atoms with E-state index in [0.29, 0.717) is 24.4 Å². The molecule has 2 aromatic carbocycles. The van der Waals surface area contributed by atoms with Crippen molar-refractivity contribution < 1.29 is 17.3 Å². The molecule has 0 bridgehead atoms. The third kappa shape index (κ3) is 4.54. The van der Waals surface area contributed by atoms with Gasteiger partial charge in [0.05, 0.1) is 6.10 Å². The Hall–Kier alpha value is -1.89. The van der Waals surface area contributed by atoms with E-state index in [1.807, 2.05) is 6.07 Å². The average Bonchev–Trinajstić information content (AvgIpc) is 3.18. The number of hydrogen-bond acceptors (Lipinski definition) is 4. The molecule has 0 saturated heterocycles. The van der Waals surface area contributed by atoms with E-state index in [9.17, 15) is 8.42 Å². The monoisotopic (exact) mass is 497 g/mol. The molecule has 0 aliphatic heterocycles. The molecular formula is C29H39NO4S. The van der Waals surface area contributed by atoms with Crippen molar-refractivity contribution in [2.24, 2.45) is 17.3 Å². The van der Waals surface area contributed by atoms with Gasteiger partial charge in [-0.05, 0) is 96.4 Å². The van der Waals surface area contributed by atoms with Gasteiger partial charge in [-0.15, -0.1) is 0 Å². The van der Waals surface area contributed by atoms with Crippen molar-refractivity contribution in [3.63, 3.8) is 0 Å². The summed E-state index contributed by atoms with van der Waals surface area (Å²) in [5.41, 5.74) is 5.36. The average molecular weight is 498 g/mol. The molecule has 6 heteroatoms. The summed E-state index contributed by atoms with van der Waals surface area (Å²) in [6.45, 7) is 5.08. The Kier molecular flexibility index (Phi) is 6.75. The Morgan fingerprint density at radius 3 is 2.54 bits per heavy atom. The molecule has 2 fully saturated rings. The first-order valence-corrected chi connectivity index (χ1v) is 14.5. The SMILES string of the molecule is CCc1cc2c(cc1OCc1ccccc1)CC[C@@H]1[C@@H]2CC[C@]2(C)[C@@H](OS(=O)(=O)N(C)C)CC[C@@H]12. The highest BCUT2D eigenvalue weighted by Gasteiger charge is 2.56. The third-order valence-corrected chi connectivity index (χ3v) is 10.5. The van der Waals surface area contributed by atoms with Crippen LogP contribution in [0.5, 0.6) is 5.75 Å². The van der Waals surface area contributed by atoms with Gasteiger partial charge < -0.3 is 4.74 Å². The second kappa shape index (κ2) is 9.53. The van der Waals surface area contributed by atoms with Crippen molar-refractivity contribution in [2.75, 3.05) is 14.1 Å². The smallest absolute Gasteiger partial charge is 0.338 e. The van der Waals surface area contributed by atoms with Crippen molar-refractivity contribution in [1.82, 2.24) is 4.31 Å². The summed E-state index contributed by atoms with van der Waals surface area (Å²) in [6.07, 6.45) is 6.96. The van der Waals surface area contributed by atoms with Gasteiger partial charge in [-0.3, -0.25) is 4.18 Å². The molecule has 0 spiro atoms. The van der Waals surface area contributed by atoms with Gasteiger partial charge in [0.15, 0.2) is 0 Å². The first-order chi connectivity index (χ1) is 16.7. The van der Waals surface area contributed by atoms with Crippen LogP contribution >= 0.6 is 0 Å². The number of fused-ring (bicyclic) bond motifs is 5. The molecule has 5 atom stereocenters. The minimum atomic E-state index is -3.67. The summed E-state index contributed by atoms with van der Waals surface area (Å²) >= 11 is 0. The molecule has 0 radical (unpaired) electrons. The van der Waals surface area contributed by atoms with Crippen LogP contribution in [0.2, 0.25) is 0 Å². The van der Waals surface area contributed by atoms with E-state index in [0.717, 1.165) is 50.7 Å². The number of rotatable bonds is 7. The van der Waals surface area contributed by atoms with Crippen molar-refractivity contribution >= 4 is 10.3 Å². The van der Waals surface area contributed by atoms with E-state index < -0.39 is 10.3 Å². The van der Waals surface area contributed by atoms with Crippen molar-refractivity contribution in [3.05, 3.63) is 64.7 Å². The summed E-state index contributed by atoms with van der Waals surface area (Å²) in [6, 6.07) is 15.1. The molecule has 3 aliphatic rings. The topological polar surface area (TPSA) is 55.8 Å². The zero-order valence-corrected chi connectivity index (χ0v) is 22.3. The number of nitrogens with zero attached hydrogens (tertiary/aromatic N) is 1. The van der Waals surface area contributed by atoms with Gasteiger partial charge in [-0.2, -0.15) is 12.7 Å². The van der Waals surface area contributed by atoms with E-state index in [4.69, 9.17) is 8.92 Å². The number of aryl methyl sites for hydroxylation is 2. The lowest BCUT2D eigenvalue weighted by atomic mass is 9.55. The lowest BCUT2D eigenvalue weighted by Crippen LogP contribution is -2.46. The Bertz CT molecular complexity index is 1160. The van der Waals surface area contributed by atoms with Gasteiger partial charge in [0.25, 0.3) is 0 Å². The van der Waals surface area contributed by atoms with E-state index in [-0.39, 0.29) is 11.5 Å². The van der Waals surface area contributed by atoms with Gasteiger partial charge in [0.2, 0.25) is 0 Å². The highest BCUT2D eigenvalue weighted by Crippen LogP contribution is 2.62. The summed E-state index contributed by atoms with van der Waals surface area (Å²) in [5.74, 6) is 2.68. The van der Waals surface area contributed by atoms with Crippen LogP contribution in [0, 0.1) is 17.3 Å². The van der Waals surface area contributed by atoms with Crippen molar-refractivity contribution in [2.45, 2.75) is 77.4 Å². The zero-order valence-electron chi connectivity index (χ0n) is 21.5. The fourth-order valence-electron chi connectivity index (χ4n) is 7.13. The van der Waals surface area contributed by atoms with Crippen LogP contribution < -0.4 is 4.74 Å². The van der Waals surface area contributed by atoms with E-state index in [1.54, 1.807) is 14.1 Å². The van der Waals surface area contributed by atoms with Crippen LogP contribution in [0.15, 0.2) is 42.5 Å². The predicted octanol–water partition coefficient (Wildman–Crippen LogP) is 5.88. The molecule has 0 N–H and O–H groups in total. The molecule has 190 valence electrons. The fourth-order valence-corrected chi connectivity index (χ4v) is 7.92. The highest BCUT2D eigenvalue weighted by atomic mass is 32.2. The van der Waals surface area contributed by atoms with Crippen LogP contribution in [0.3, 0.4) is 0 Å². The summed E-state index contributed by atoms with van der Waals surface area (Å²) in [4.78, 5) is 0. The van der Waals surface area contributed by atoms with E-state index in [2.05, 4.69) is 50.2 Å². The van der Waals surface area contributed by atoms with Crippen LogP contribution in [0.4, 0.5) is 0 Å². The van der Waals surface area contributed by atoms with Crippen LogP contribution in [0.1, 0.15) is 74.1 Å². The molecule has 2 saturated carbocycles. The maximum absolute atomic E-state index is 12.5. The van der Waals surface area contributed by atoms with Crippen LogP contribution in [0.25, 0.3) is 0 Å². The normalized spacial score (nSPS) is 30.0. The second-order valence-electron chi connectivity index (χ2n) is 11.1. The fraction of sp³-hybridized carbons (Fsp3) is 0.586. The molecule has 3 aliphatic carbocycles. The molecule has 0 aromatic heterocycles. The van der Waals surface area contributed by atoms with Gasteiger partial charge >= 0.3 is 10.3 Å². The second-order valence-corrected chi connectivity index (χ2v) is 12.9. The minimum Gasteiger partial charge on any atom is -0.489 e. The van der Waals surface area contributed by atoms with E-state index >= 15 is 0 Å². The molecule has 0 amide bonds. The van der Waals surface area contributed by atoms with Crippen molar-refractivity contribution in [1.29, 1.82) is 0 Å². The van der Waals surface area contributed by atoms with Gasteiger partial charge in [-0.25, -0.2) is 0 Å². The third-order valence-electron chi connectivity index (χ3n) is 9.12. The molecule has 5 rings (SSSR count). The van der Waals surface area contributed by atoms with Gasteiger partial charge in [-0.1, -0.05) is 50.2 Å². The number of ether oxygens (including phenoxy) is 1. The molecule has 0 unspecified atom stereocenters. The Morgan fingerprint density at radius 2 is 1.83 bits per heavy atom. The maximum atomic E-state index is 12.5. The van der Waals surface area contributed by atoms with Crippen LogP contribution in [-0.2, 0) is 33.9 Å². The lowest BCUT2D eigenvalue weighted by Gasteiger charge is -2.50. The maximum Gasteiger partial charge on any atom is 0.338 e. The molecule has 35 heavy (non-hydrogen) atoms. The quantitative estimate of drug-likeness (QED) is 0.480. The standard InChI is InChI=1S/C29H39NO4S/c1-5-21-17-25-22(18-27(21)33-19-20-9-7-6-8-10-20)11-12-24-23(25)15-16-29(2)26(24)13-14-28(29)34-35(31,32)30(3)4/h6-10,17-18,23-24,26,28H,5,11-16,19H2,1-4H3/t23-,24+,26-,28-,29-/m0/s1. The first kappa shape index (κ1) is 24.8. The minimum absolute atomic E-state index is 0.0753. The van der Waals surface area contributed by atoms with Crippen molar-refractivity contribution in [3.8, 4) is 5.75 Å². The number of benzene rings is 2. The van der Waals surface area contributed by atoms with Gasteiger partial charge in [0.1, 0.15) is 12.4 Å². The Labute approximate surface area is 211 Å². The van der Waals surface area contributed by atoms with Gasteiger partial charge in [0, 0.05) is 14.1 Å². The number of hydrogen-bond donors (Lipinski definition) is 0. The molecule has 5 nitrogen and oxygen atoms in total. The lowest BCUT2D eigenvalue weighted by molar-refractivity contribution is -0.0103. The summed E-state index contributed by atoms with van der Waals surface area (Å²) in [5, 5.41) is 0. The van der Waals surface area contributed by atoms with E-state index in [1.165, 1.54) is 26.6 Å². The zero-order chi connectivity index (χ0) is 24.8. The molecule has 2 aromatic rings. The summed E-state index contributed by atoms with van der Waals surface area (Å²) in [7, 11) is -0.581.